The van der Waals surface area contributed by atoms with Crippen molar-refractivity contribution < 1.29 is 0 Å². The van der Waals surface area contributed by atoms with E-state index in [0.29, 0.717) is 11.1 Å². The van der Waals surface area contributed by atoms with Gasteiger partial charge in [-0.25, -0.2) is 0 Å². The molecule has 0 amide bonds. The van der Waals surface area contributed by atoms with Gasteiger partial charge in [-0.1, -0.05) is 0 Å². The first-order valence-electron chi connectivity index (χ1n) is 10.3. The molecule has 3 unspecified atom stereocenters. The van der Waals surface area contributed by atoms with Crippen molar-refractivity contribution in [1.29, 1.82) is 0 Å². The first kappa shape index (κ1) is 18.7. The highest BCUT2D eigenvalue weighted by molar-refractivity contribution is 5.03. The predicted molar refractivity (Wildman–Crippen MR) is 103 cm³/mol. The summed E-state index contributed by atoms with van der Waals surface area (Å²) in [7, 11) is 0. The van der Waals surface area contributed by atoms with Crippen molar-refractivity contribution >= 4 is 0 Å². The third-order valence-corrected chi connectivity index (χ3v) is 6.81. The molecule has 3 aliphatic rings. The standard InChI is InChI=1S/C21H41N3/c1-16-12-18-14-22(15-19(18)24(16)21(5,6)7)13-17-8-10-23(11-9-17)20(2,3)4/h16-19H,8-15H2,1-7H3. The molecule has 0 aromatic heterocycles. The summed E-state index contributed by atoms with van der Waals surface area (Å²) in [5.41, 5.74) is 0.659. The smallest absolute Gasteiger partial charge is 0.0272 e. The second-order valence-electron chi connectivity index (χ2n) is 10.8. The molecule has 3 aliphatic heterocycles. The van der Waals surface area contributed by atoms with E-state index in [1.54, 1.807) is 0 Å². The van der Waals surface area contributed by atoms with Crippen LogP contribution >= 0.6 is 0 Å². The Balaban J connectivity index is 1.51. The van der Waals surface area contributed by atoms with E-state index >= 15 is 0 Å². The molecule has 3 nitrogen and oxygen atoms in total. The van der Waals surface area contributed by atoms with Gasteiger partial charge in [-0.2, -0.15) is 0 Å². The van der Waals surface area contributed by atoms with Crippen LogP contribution in [-0.2, 0) is 0 Å². The number of nitrogens with zero attached hydrogens (tertiary/aromatic N) is 3. The number of hydrogen-bond acceptors (Lipinski definition) is 3. The van der Waals surface area contributed by atoms with Crippen LogP contribution in [-0.4, -0.2) is 70.6 Å². The molecule has 3 saturated heterocycles. The van der Waals surface area contributed by atoms with Gasteiger partial charge in [0, 0.05) is 42.8 Å². The summed E-state index contributed by atoms with van der Waals surface area (Å²) >= 11 is 0. The van der Waals surface area contributed by atoms with E-state index in [-0.39, 0.29) is 0 Å². The Morgan fingerprint density at radius 1 is 0.875 bits per heavy atom. The van der Waals surface area contributed by atoms with E-state index in [9.17, 15) is 0 Å². The topological polar surface area (TPSA) is 9.72 Å². The van der Waals surface area contributed by atoms with Gasteiger partial charge in [0.2, 0.25) is 0 Å². The Hall–Kier alpha value is -0.120. The van der Waals surface area contributed by atoms with Crippen molar-refractivity contribution in [2.45, 2.75) is 90.9 Å². The Kier molecular flexibility index (Phi) is 5.10. The molecule has 0 bridgehead atoms. The molecule has 3 atom stereocenters. The highest BCUT2D eigenvalue weighted by atomic mass is 15.3. The summed E-state index contributed by atoms with van der Waals surface area (Å²) in [6.07, 6.45) is 4.19. The number of likely N-dealkylation sites (tertiary alicyclic amines) is 3. The van der Waals surface area contributed by atoms with E-state index in [2.05, 4.69) is 63.2 Å². The highest BCUT2D eigenvalue weighted by Crippen LogP contribution is 2.40. The van der Waals surface area contributed by atoms with E-state index in [4.69, 9.17) is 0 Å². The SMILES string of the molecule is CC1CC2CN(CC3CCN(C(C)(C)C)CC3)CC2N1C(C)(C)C. The lowest BCUT2D eigenvalue weighted by molar-refractivity contribution is 0.0634. The van der Waals surface area contributed by atoms with E-state index in [0.717, 1.165) is 23.9 Å². The maximum atomic E-state index is 2.82. The summed E-state index contributed by atoms with van der Waals surface area (Å²) in [5, 5.41) is 0. The van der Waals surface area contributed by atoms with Gasteiger partial charge >= 0.3 is 0 Å². The highest BCUT2D eigenvalue weighted by Gasteiger charge is 2.48. The molecule has 3 heterocycles. The fourth-order valence-electron chi connectivity index (χ4n) is 5.83. The second kappa shape index (κ2) is 6.55. The lowest BCUT2D eigenvalue weighted by Gasteiger charge is -2.42. The lowest BCUT2D eigenvalue weighted by atomic mass is 9.92. The van der Waals surface area contributed by atoms with E-state index in [1.807, 2.05) is 0 Å². The first-order chi connectivity index (χ1) is 11.1. The molecule has 140 valence electrons. The zero-order chi connectivity index (χ0) is 17.7. The van der Waals surface area contributed by atoms with Crippen LogP contribution in [0.5, 0.6) is 0 Å². The van der Waals surface area contributed by atoms with Crippen LogP contribution in [0.4, 0.5) is 0 Å². The van der Waals surface area contributed by atoms with Crippen LogP contribution in [0, 0.1) is 11.8 Å². The van der Waals surface area contributed by atoms with Gasteiger partial charge in [-0.15, -0.1) is 0 Å². The summed E-state index contributed by atoms with van der Waals surface area (Å²) < 4.78 is 0. The molecule has 0 saturated carbocycles. The van der Waals surface area contributed by atoms with Crippen molar-refractivity contribution in [1.82, 2.24) is 14.7 Å². The van der Waals surface area contributed by atoms with Crippen molar-refractivity contribution in [3.63, 3.8) is 0 Å². The Morgan fingerprint density at radius 2 is 1.50 bits per heavy atom. The maximum absolute atomic E-state index is 2.82. The Morgan fingerprint density at radius 3 is 2.04 bits per heavy atom. The normalized spacial score (nSPS) is 34.9. The molecular formula is C21H41N3. The molecule has 3 heteroatoms. The van der Waals surface area contributed by atoms with Crippen molar-refractivity contribution in [2.24, 2.45) is 11.8 Å². The monoisotopic (exact) mass is 335 g/mol. The third-order valence-electron chi connectivity index (χ3n) is 6.81. The fraction of sp³-hybridized carbons (Fsp3) is 1.00. The molecule has 0 aromatic rings. The molecule has 3 rings (SSSR count). The molecule has 0 radical (unpaired) electrons. The molecule has 0 aromatic carbocycles. The van der Waals surface area contributed by atoms with Gasteiger partial charge in [-0.3, -0.25) is 9.80 Å². The summed E-state index contributed by atoms with van der Waals surface area (Å²) in [4.78, 5) is 8.29. The third kappa shape index (κ3) is 3.83. The average Bonchev–Trinajstić information content (AvgIpc) is 2.92. The second-order valence-corrected chi connectivity index (χ2v) is 10.8. The number of fused-ring (bicyclic) bond motifs is 1. The van der Waals surface area contributed by atoms with Crippen molar-refractivity contribution in [3.8, 4) is 0 Å². The largest absolute Gasteiger partial charge is 0.301 e. The van der Waals surface area contributed by atoms with Gasteiger partial charge in [0.05, 0.1) is 0 Å². The summed E-state index contributed by atoms with van der Waals surface area (Å²) in [6.45, 7) is 23.3. The van der Waals surface area contributed by atoms with Crippen LogP contribution in [0.1, 0.15) is 67.7 Å². The molecule has 0 spiro atoms. The van der Waals surface area contributed by atoms with Gasteiger partial charge in [0.1, 0.15) is 0 Å². The quantitative estimate of drug-likeness (QED) is 0.762. The Bertz CT molecular complexity index is 425. The fourth-order valence-corrected chi connectivity index (χ4v) is 5.83. The maximum Gasteiger partial charge on any atom is 0.0272 e. The molecular weight excluding hydrogens is 294 g/mol. The van der Waals surface area contributed by atoms with E-state index < -0.39 is 0 Å². The number of rotatable bonds is 2. The average molecular weight is 336 g/mol. The predicted octanol–water partition coefficient (Wildman–Crippen LogP) is 3.69. The van der Waals surface area contributed by atoms with Gasteiger partial charge in [0.15, 0.2) is 0 Å². The Labute approximate surface area is 150 Å². The van der Waals surface area contributed by atoms with Crippen molar-refractivity contribution in [2.75, 3.05) is 32.7 Å². The van der Waals surface area contributed by atoms with Gasteiger partial charge in [-0.05, 0) is 92.7 Å². The molecule has 24 heavy (non-hydrogen) atoms. The lowest BCUT2D eigenvalue weighted by Crippen LogP contribution is -2.50. The number of hydrogen-bond donors (Lipinski definition) is 0. The summed E-state index contributed by atoms with van der Waals surface area (Å²) in [6, 6.07) is 1.56. The minimum absolute atomic E-state index is 0.312. The zero-order valence-corrected chi connectivity index (χ0v) is 17.3. The minimum atomic E-state index is 0.312. The van der Waals surface area contributed by atoms with Crippen LogP contribution < -0.4 is 0 Å². The zero-order valence-electron chi connectivity index (χ0n) is 17.3. The van der Waals surface area contributed by atoms with Crippen LogP contribution in [0.25, 0.3) is 0 Å². The minimum Gasteiger partial charge on any atom is -0.301 e. The molecule has 0 aliphatic carbocycles. The summed E-state index contributed by atoms with van der Waals surface area (Å²) in [5.74, 6) is 1.83. The van der Waals surface area contributed by atoms with Gasteiger partial charge in [0.25, 0.3) is 0 Å². The van der Waals surface area contributed by atoms with Crippen molar-refractivity contribution in [3.05, 3.63) is 0 Å². The van der Waals surface area contributed by atoms with Gasteiger partial charge < -0.3 is 4.90 Å². The van der Waals surface area contributed by atoms with E-state index in [1.165, 1.54) is 52.0 Å². The van der Waals surface area contributed by atoms with Crippen LogP contribution in [0.3, 0.4) is 0 Å². The van der Waals surface area contributed by atoms with Crippen LogP contribution in [0.15, 0.2) is 0 Å². The molecule has 0 N–H and O–H groups in total. The first-order valence-corrected chi connectivity index (χ1v) is 10.3. The van der Waals surface area contributed by atoms with Crippen LogP contribution in [0.2, 0.25) is 0 Å². The number of piperidine rings is 1. The molecule has 3 fully saturated rings.